The number of hydrogen-bond donors (Lipinski definition) is 1. The van der Waals surface area contributed by atoms with Gasteiger partial charge in [0.15, 0.2) is 0 Å². The Morgan fingerprint density at radius 2 is 2.14 bits per heavy atom. The Balaban J connectivity index is 1.88. The standard InChI is InChI=1S/C14H19N3O4/c1-11-2-3-12(13(10-11)17(19)20)15-5-4-14(18)16-6-8-21-9-7-16/h2-3,10,15H,4-9H2,1H3. The van der Waals surface area contributed by atoms with Crippen LogP contribution in [-0.4, -0.2) is 48.6 Å². The summed E-state index contributed by atoms with van der Waals surface area (Å²) in [5.41, 5.74) is 1.31. The van der Waals surface area contributed by atoms with E-state index in [1.165, 1.54) is 6.07 Å². The lowest BCUT2D eigenvalue weighted by Crippen LogP contribution is -2.41. The highest BCUT2D eigenvalue weighted by Gasteiger charge is 2.17. The fraction of sp³-hybridized carbons (Fsp3) is 0.500. The quantitative estimate of drug-likeness (QED) is 0.658. The van der Waals surface area contributed by atoms with Gasteiger partial charge in [0.2, 0.25) is 5.91 Å². The van der Waals surface area contributed by atoms with Crippen LogP contribution in [0.3, 0.4) is 0 Å². The van der Waals surface area contributed by atoms with E-state index in [-0.39, 0.29) is 11.6 Å². The van der Waals surface area contributed by atoms with E-state index < -0.39 is 4.92 Å². The number of carbonyl (C=O) groups excluding carboxylic acids is 1. The summed E-state index contributed by atoms with van der Waals surface area (Å²) in [7, 11) is 0. The first-order chi connectivity index (χ1) is 10.1. The van der Waals surface area contributed by atoms with Gasteiger partial charge < -0.3 is 15.0 Å². The summed E-state index contributed by atoms with van der Waals surface area (Å²) in [6.07, 6.45) is 0.311. The molecule has 0 aromatic heterocycles. The topological polar surface area (TPSA) is 84.7 Å². The molecule has 7 heteroatoms. The van der Waals surface area contributed by atoms with Crippen molar-refractivity contribution in [3.8, 4) is 0 Å². The zero-order chi connectivity index (χ0) is 15.2. The molecule has 1 fully saturated rings. The predicted octanol–water partition coefficient (Wildman–Crippen LogP) is 1.56. The minimum atomic E-state index is -0.418. The molecule has 21 heavy (non-hydrogen) atoms. The van der Waals surface area contributed by atoms with Gasteiger partial charge in [-0.2, -0.15) is 0 Å². The maximum Gasteiger partial charge on any atom is 0.292 e. The number of nitro groups is 1. The van der Waals surface area contributed by atoms with Crippen molar-refractivity contribution in [2.45, 2.75) is 13.3 Å². The molecule has 1 heterocycles. The van der Waals surface area contributed by atoms with E-state index in [0.29, 0.717) is 45.0 Å². The van der Waals surface area contributed by atoms with Gasteiger partial charge in [0, 0.05) is 32.1 Å². The van der Waals surface area contributed by atoms with Crippen LogP contribution in [0, 0.1) is 17.0 Å². The number of nitrogens with one attached hydrogen (secondary N) is 1. The predicted molar refractivity (Wildman–Crippen MR) is 78.3 cm³/mol. The SMILES string of the molecule is Cc1ccc(NCCC(=O)N2CCOCC2)c([N+](=O)[O-])c1. The second kappa shape index (κ2) is 7.03. The van der Waals surface area contributed by atoms with Crippen LogP contribution in [0.2, 0.25) is 0 Å². The first kappa shape index (κ1) is 15.2. The molecule has 1 N–H and O–H groups in total. The molecule has 7 nitrogen and oxygen atoms in total. The Kier molecular flexibility index (Phi) is 5.10. The molecule has 0 radical (unpaired) electrons. The van der Waals surface area contributed by atoms with Crippen molar-refractivity contribution in [3.05, 3.63) is 33.9 Å². The van der Waals surface area contributed by atoms with Gasteiger partial charge in [-0.15, -0.1) is 0 Å². The largest absolute Gasteiger partial charge is 0.379 e. The van der Waals surface area contributed by atoms with Gasteiger partial charge in [-0.05, 0) is 18.6 Å². The van der Waals surface area contributed by atoms with Crippen LogP contribution < -0.4 is 5.32 Å². The van der Waals surface area contributed by atoms with Crippen molar-refractivity contribution in [1.29, 1.82) is 0 Å². The number of benzene rings is 1. The van der Waals surface area contributed by atoms with Crippen molar-refractivity contribution >= 4 is 17.3 Å². The lowest BCUT2D eigenvalue weighted by atomic mass is 10.2. The zero-order valence-corrected chi connectivity index (χ0v) is 12.0. The molecule has 1 aromatic rings. The first-order valence-corrected chi connectivity index (χ1v) is 6.92. The number of amides is 1. The van der Waals surface area contributed by atoms with Crippen LogP contribution >= 0.6 is 0 Å². The van der Waals surface area contributed by atoms with Crippen molar-refractivity contribution < 1.29 is 14.5 Å². The highest BCUT2D eigenvalue weighted by atomic mass is 16.6. The van der Waals surface area contributed by atoms with Crippen LogP contribution in [0.5, 0.6) is 0 Å². The van der Waals surface area contributed by atoms with E-state index >= 15 is 0 Å². The molecule has 0 spiro atoms. The van der Waals surface area contributed by atoms with Crippen LogP contribution in [0.4, 0.5) is 11.4 Å². The number of carbonyl (C=O) groups is 1. The molecular weight excluding hydrogens is 274 g/mol. The number of ether oxygens (including phenoxy) is 1. The molecule has 0 aliphatic carbocycles. The van der Waals surface area contributed by atoms with Gasteiger partial charge in [0.25, 0.3) is 5.69 Å². The summed E-state index contributed by atoms with van der Waals surface area (Å²) in [6, 6.07) is 5.00. The number of anilines is 1. The highest BCUT2D eigenvalue weighted by molar-refractivity contribution is 5.77. The first-order valence-electron chi connectivity index (χ1n) is 6.92. The van der Waals surface area contributed by atoms with Crippen LogP contribution in [0.1, 0.15) is 12.0 Å². The smallest absolute Gasteiger partial charge is 0.292 e. The van der Waals surface area contributed by atoms with Gasteiger partial charge in [-0.1, -0.05) is 6.07 Å². The van der Waals surface area contributed by atoms with Gasteiger partial charge >= 0.3 is 0 Å². The van der Waals surface area contributed by atoms with Crippen molar-refractivity contribution in [2.75, 3.05) is 38.2 Å². The molecule has 1 aromatic carbocycles. The Bertz CT molecular complexity index is 527. The van der Waals surface area contributed by atoms with E-state index in [1.54, 1.807) is 24.0 Å². The van der Waals surface area contributed by atoms with Gasteiger partial charge in [0.1, 0.15) is 5.69 Å². The molecule has 0 saturated carbocycles. The highest BCUT2D eigenvalue weighted by Crippen LogP contribution is 2.25. The minimum Gasteiger partial charge on any atom is -0.379 e. The van der Waals surface area contributed by atoms with E-state index in [4.69, 9.17) is 4.74 Å². The Labute approximate surface area is 123 Å². The summed E-state index contributed by atoms with van der Waals surface area (Å²) >= 11 is 0. The molecular formula is C14H19N3O4. The summed E-state index contributed by atoms with van der Waals surface area (Å²) < 4.78 is 5.19. The molecule has 0 unspecified atom stereocenters. The normalized spacial score (nSPS) is 14.8. The van der Waals surface area contributed by atoms with Crippen molar-refractivity contribution in [2.24, 2.45) is 0 Å². The summed E-state index contributed by atoms with van der Waals surface area (Å²) in [5, 5.41) is 14.0. The fourth-order valence-electron chi connectivity index (χ4n) is 2.22. The number of rotatable bonds is 5. The molecule has 1 amide bonds. The maximum atomic E-state index is 12.0. The molecule has 0 atom stereocenters. The number of morpholine rings is 1. The van der Waals surface area contributed by atoms with Crippen LogP contribution in [0.15, 0.2) is 18.2 Å². The molecule has 114 valence electrons. The average molecular weight is 293 g/mol. The molecule has 1 aliphatic rings. The number of aryl methyl sites for hydroxylation is 1. The molecule has 2 rings (SSSR count). The van der Waals surface area contributed by atoms with Crippen molar-refractivity contribution in [1.82, 2.24) is 4.90 Å². The third-order valence-corrected chi connectivity index (χ3v) is 3.37. The number of hydrogen-bond acceptors (Lipinski definition) is 5. The van der Waals surface area contributed by atoms with E-state index in [1.807, 2.05) is 0 Å². The fourth-order valence-corrected chi connectivity index (χ4v) is 2.22. The Hall–Kier alpha value is -2.15. The van der Waals surface area contributed by atoms with Crippen molar-refractivity contribution in [3.63, 3.8) is 0 Å². The van der Waals surface area contributed by atoms with E-state index in [2.05, 4.69) is 5.32 Å². The Morgan fingerprint density at radius 1 is 1.43 bits per heavy atom. The monoisotopic (exact) mass is 293 g/mol. The number of nitrogens with zero attached hydrogens (tertiary/aromatic N) is 2. The lowest BCUT2D eigenvalue weighted by molar-refractivity contribution is -0.384. The van der Waals surface area contributed by atoms with Gasteiger partial charge in [-0.25, -0.2) is 0 Å². The maximum absolute atomic E-state index is 12.0. The third kappa shape index (κ3) is 4.16. The lowest BCUT2D eigenvalue weighted by Gasteiger charge is -2.26. The summed E-state index contributed by atoms with van der Waals surface area (Å²) in [6.45, 7) is 4.55. The minimum absolute atomic E-state index is 0.0359. The van der Waals surface area contributed by atoms with Gasteiger partial charge in [-0.3, -0.25) is 14.9 Å². The van der Waals surface area contributed by atoms with E-state index in [9.17, 15) is 14.9 Å². The second-order valence-corrected chi connectivity index (χ2v) is 4.95. The zero-order valence-electron chi connectivity index (χ0n) is 12.0. The summed E-state index contributed by atoms with van der Waals surface area (Å²) in [4.78, 5) is 24.3. The molecule has 1 aliphatic heterocycles. The second-order valence-electron chi connectivity index (χ2n) is 4.95. The van der Waals surface area contributed by atoms with Crippen LogP contribution in [-0.2, 0) is 9.53 Å². The van der Waals surface area contributed by atoms with Gasteiger partial charge in [0.05, 0.1) is 18.1 Å². The average Bonchev–Trinajstić information content (AvgIpc) is 2.49. The molecule has 0 bridgehead atoms. The Morgan fingerprint density at radius 3 is 2.81 bits per heavy atom. The summed E-state index contributed by atoms with van der Waals surface area (Å²) in [5.74, 6) is 0.0422. The van der Waals surface area contributed by atoms with E-state index in [0.717, 1.165) is 5.56 Å². The third-order valence-electron chi connectivity index (χ3n) is 3.37. The molecule has 1 saturated heterocycles. The van der Waals surface area contributed by atoms with Crippen LogP contribution in [0.25, 0.3) is 0 Å². The number of nitro benzene ring substituents is 1.